The first kappa shape index (κ1) is 10.0. The van der Waals surface area contributed by atoms with E-state index in [9.17, 15) is 9.59 Å². The highest BCUT2D eigenvalue weighted by molar-refractivity contribution is 5.71. The van der Waals surface area contributed by atoms with Gasteiger partial charge in [0.2, 0.25) is 6.41 Å². The minimum Gasteiger partial charge on any atom is -0.480 e. The molecule has 0 saturated carbocycles. The topological polar surface area (TPSA) is 66.8 Å². The molecule has 0 fully saturated rings. The fourth-order valence-electron chi connectivity index (χ4n) is 0.841. The summed E-state index contributed by atoms with van der Waals surface area (Å²) in [7, 11) is 0. The molecule has 0 unspecified atom stereocenters. The molecule has 0 spiro atoms. The first-order chi connectivity index (χ1) is 6.72. The van der Waals surface area contributed by atoms with Gasteiger partial charge in [-0.1, -0.05) is 18.2 Å². The molecule has 74 valence electrons. The molecule has 1 amide bonds. The zero-order chi connectivity index (χ0) is 10.4. The Morgan fingerprint density at radius 3 is 2.57 bits per heavy atom. The summed E-state index contributed by atoms with van der Waals surface area (Å²) < 4.78 is 0. The number of aliphatic carboxylic acids is 1. The Labute approximate surface area is 80.5 Å². The number of hydroxylamine groups is 2. The Kier molecular flexibility index (Phi) is 3.49. The number of hydrogen-bond acceptors (Lipinski definition) is 3. The van der Waals surface area contributed by atoms with E-state index in [2.05, 4.69) is 0 Å². The van der Waals surface area contributed by atoms with Crippen molar-refractivity contribution in [2.24, 2.45) is 0 Å². The summed E-state index contributed by atoms with van der Waals surface area (Å²) in [5.74, 6) is -0.714. The lowest BCUT2D eigenvalue weighted by atomic mass is 10.3. The van der Waals surface area contributed by atoms with Crippen LogP contribution < -0.4 is 4.84 Å². The van der Waals surface area contributed by atoms with Crippen molar-refractivity contribution in [3.05, 3.63) is 30.3 Å². The van der Waals surface area contributed by atoms with Crippen LogP contribution in [0.2, 0.25) is 0 Å². The Morgan fingerprint density at radius 1 is 1.43 bits per heavy atom. The summed E-state index contributed by atoms with van der Waals surface area (Å²) in [6, 6.07) is 8.48. The van der Waals surface area contributed by atoms with E-state index in [1.54, 1.807) is 30.3 Å². The molecule has 0 bridgehead atoms. The number of hydrogen-bond donors (Lipinski definition) is 1. The van der Waals surface area contributed by atoms with E-state index in [0.717, 1.165) is 0 Å². The zero-order valence-electron chi connectivity index (χ0n) is 7.29. The number of nitrogens with zero attached hydrogens (tertiary/aromatic N) is 1. The Bertz CT molecular complexity index is 312. The van der Waals surface area contributed by atoms with Crippen LogP contribution in [0.3, 0.4) is 0 Å². The maximum Gasteiger partial charge on any atom is 0.326 e. The molecular formula is C9H9NO4. The lowest BCUT2D eigenvalue weighted by Gasteiger charge is -2.14. The number of para-hydroxylation sites is 1. The smallest absolute Gasteiger partial charge is 0.326 e. The van der Waals surface area contributed by atoms with Gasteiger partial charge in [0.1, 0.15) is 0 Å². The molecule has 14 heavy (non-hydrogen) atoms. The Morgan fingerprint density at radius 2 is 2.07 bits per heavy atom. The number of benzene rings is 1. The number of amides is 1. The maximum atomic E-state index is 10.4. The monoisotopic (exact) mass is 195 g/mol. The first-order valence-corrected chi connectivity index (χ1v) is 3.89. The number of carboxylic acids is 1. The maximum absolute atomic E-state index is 10.4. The number of carbonyl (C=O) groups excluding carboxylic acids is 1. The van der Waals surface area contributed by atoms with Gasteiger partial charge in [0.25, 0.3) is 0 Å². The van der Waals surface area contributed by atoms with Crippen molar-refractivity contribution >= 4 is 12.4 Å². The van der Waals surface area contributed by atoms with E-state index >= 15 is 0 Å². The number of rotatable bonds is 5. The number of carboxylic acid groups (broad SMARTS) is 1. The van der Waals surface area contributed by atoms with Gasteiger partial charge in [-0.25, -0.2) is 0 Å². The minimum absolute atomic E-state index is 0.321. The van der Waals surface area contributed by atoms with Gasteiger partial charge in [-0.2, -0.15) is 5.06 Å². The van der Waals surface area contributed by atoms with Gasteiger partial charge in [0, 0.05) is 0 Å². The molecule has 0 radical (unpaired) electrons. The molecule has 0 heterocycles. The van der Waals surface area contributed by atoms with Crippen molar-refractivity contribution in [1.29, 1.82) is 0 Å². The van der Waals surface area contributed by atoms with Crippen LogP contribution in [-0.2, 0) is 9.59 Å². The summed E-state index contributed by atoms with van der Waals surface area (Å²) >= 11 is 0. The van der Waals surface area contributed by atoms with E-state index in [1.807, 2.05) is 0 Å². The quantitative estimate of drug-likeness (QED) is 0.549. The van der Waals surface area contributed by atoms with Crippen molar-refractivity contribution in [3.63, 3.8) is 0 Å². The predicted molar refractivity (Wildman–Crippen MR) is 47.5 cm³/mol. The van der Waals surface area contributed by atoms with Crippen molar-refractivity contribution in [2.75, 3.05) is 6.54 Å². The van der Waals surface area contributed by atoms with Crippen LogP contribution in [0.1, 0.15) is 0 Å². The van der Waals surface area contributed by atoms with Gasteiger partial charge in [-0.15, -0.1) is 0 Å². The summed E-state index contributed by atoms with van der Waals surface area (Å²) in [4.78, 5) is 25.6. The second-order valence-corrected chi connectivity index (χ2v) is 2.48. The molecule has 1 aromatic carbocycles. The van der Waals surface area contributed by atoms with Gasteiger partial charge in [0.15, 0.2) is 12.3 Å². The van der Waals surface area contributed by atoms with E-state index in [1.165, 1.54) is 0 Å². The van der Waals surface area contributed by atoms with Crippen LogP contribution in [0.25, 0.3) is 0 Å². The molecule has 0 aliphatic carbocycles. The van der Waals surface area contributed by atoms with E-state index in [0.29, 0.717) is 17.2 Å². The highest BCUT2D eigenvalue weighted by Gasteiger charge is 2.08. The van der Waals surface area contributed by atoms with Crippen LogP contribution in [0.4, 0.5) is 0 Å². The summed E-state index contributed by atoms with van der Waals surface area (Å²) in [5.41, 5.74) is 0. The predicted octanol–water partition coefficient (Wildman–Crippen LogP) is 0.523. The van der Waals surface area contributed by atoms with Gasteiger partial charge >= 0.3 is 5.97 Å². The summed E-state index contributed by atoms with van der Waals surface area (Å²) in [6.07, 6.45) is 0.321. The first-order valence-electron chi connectivity index (χ1n) is 3.89. The van der Waals surface area contributed by atoms with Crippen molar-refractivity contribution in [1.82, 2.24) is 5.06 Å². The molecule has 1 aromatic rings. The van der Waals surface area contributed by atoms with E-state index in [-0.39, 0.29) is 0 Å². The highest BCUT2D eigenvalue weighted by Crippen LogP contribution is 2.09. The fourth-order valence-corrected chi connectivity index (χ4v) is 0.841. The van der Waals surface area contributed by atoms with E-state index in [4.69, 9.17) is 9.94 Å². The third kappa shape index (κ3) is 3.14. The minimum atomic E-state index is -1.13. The second-order valence-electron chi connectivity index (χ2n) is 2.48. The molecule has 5 heteroatoms. The normalized spacial score (nSPS) is 9.14. The Hall–Kier alpha value is -2.04. The summed E-state index contributed by atoms with van der Waals surface area (Å²) in [6.45, 7) is -0.488. The third-order valence-corrected chi connectivity index (χ3v) is 1.37. The highest BCUT2D eigenvalue weighted by atomic mass is 16.7. The van der Waals surface area contributed by atoms with Crippen LogP contribution in [0, 0.1) is 0 Å². The van der Waals surface area contributed by atoms with Crippen LogP contribution in [0.15, 0.2) is 30.3 Å². The largest absolute Gasteiger partial charge is 0.480 e. The van der Waals surface area contributed by atoms with Crippen molar-refractivity contribution in [2.45, 2.75) is 0 Å². The molecule has 1 rings (SSSR count). The van der Waals surface area contributed by atoms with Crippen LogP contribution in [-0.4, -0.2) is 29.1 Å². The van der Waals surface area contributed by atoms with Gasteiger partial charge < -0.3 is 9.94 Å². The van der Waals surface area contributed by atoms with Crippen LogP contribution >= 0.6 is 0 Å². The second kappa shape index (κ2) is 4.86. The molecular weight excluding hydrogens is 186 g/mol. The van der Waals surface area contributed by atoms with Crippen molar-refractivity contribution < 1.29 is 19.5 Å². The molecule has 0 aliphatic heterocycles. The molecule has 0 atom stereocenters. The average molecular weight is 195 g/mol. The zero-order valence-corrected chi connectivity index (χ0v) is 7.29. The fraction of sp³-hybridized carbons (Fsp3) is 0.111. The standard InChI is InChI=1S/C9H9NO4/c11-7-10(6-9(12)13)14-8-4-2-1-3-5-8/h1-5,7H,6H2,(H,12,13). The van der Waals surface area contributed by atoms with Gasteiger partial charge in [-0.3, -0.25) is 9.59 Å². The molecule has 0 saturated heterocycles. The number of carbonyl (C=O) groups is 2. The molecule has 1 N–H and O–H groups in total. The Balaban J connectivity index is 2.57. The SMILES string of the molecule is O=CN(CC(=O)O)Oc1ccccc1. The third-order valence-electron chi connectivity index (χ3n) is 1.37. The molecule has 0 aromatic heterocycles. The lowest BCUT2D eigenvalue weighted by Crippen LogP contribution is -2.31. The lowest BCUT2D eigenvalue weighted by molar-refractivity contribution is -0.156. The summed E-state index contributed by atoms with van der Waals surface area (Å²) in [5, 5.41) is 9.12. The van der Waals surface area contributed by atoms with Gasteiger partial charge in [0.05, 0.1) is 0 Å². The van der Waals surface area contributed by atoms with Gasteiger partial charge in [-0.05, 0) is 12.1 Å². The van der Waals surface area contributed by atoms with Crippen LogP contribution in [0.5, 0.6) is 5.75 Å². The average Bonchev–Trinajstić information content (AvgIpc) is 2.17. The van der Waals surface area contributed by atoms with Crippen molar-refractivity contribution in [3.8, 4) is 5.75 Å². The molecule has 5 nitrogen and oxygen atoms in total. The van der Waals surface area contributed by atoms with E-state index < -0.39 is 12.5 Å². The molecule has 0 aliphatic rings.